The number of nitrogens with zero attached hydrogens (tertiary/aromatic N) is 6. The van der Waals surface area contributed by atoms with Crippen molar-refractivity contribution in [1.29, 1.82) is 0 Å². The number of thiazole rings is 1. The minimum atomic E-state index is 0.0896. The van der Waals surface area contributed by atoms with Gasteiger partial charge in [0.15, 0.2) is 0 Å². The van der Waals surface area contributed by atoms with Gasteiger partial charge in [-0.2, -0.15) is 10.1 Å². The number of aryl methyl sites for hydroxylation is 2. The molecule has 0 aliphatic rings. The van der Waals surface area contributed by atoms with Gasteiger partial charge in [0.1, 0.15) is 11.3 Å². The van der Waals surface area contributed by atoms with Crippen LogP contribution in [0.4, 0.5) is 0 Å². The Morgan fingerprint density at radius 2 is 2.04 bits per heavy atom. The lowest BCUT2D eigenvalue weighted by Crippen LogP contribution is -2.26. The summed E-state index contributed by atoms with van der Waals surface area (Å²) in [7, 11) is 1.83. The van der Waals surface area contributed by atoms with Crippen LogP contribution in [0, 0.1) is 13.8 Å². The average molecular weight is 380 g/mol. The molecule has 0 radical (unpaired) electrons. The number of amides is 1. The molecule has 0 N–H and O–H groups in total. The molecule has 0 bridgehead atoms. The molecule has 0 saturated heterocycles. The first-order valence-electron chi connectivity index (χ1n) is 8.77. The van der Waals surface area contributed by atoms with Crippen molar-refractivity contribution in [2.75, 3.05) is 7.05 Å². The molecule has 27 heavy (non-hydrogen) atoms. The molecule has 7 nitrogen and oxygen atoms in total. The molecule has 1 aromatic carbocycles. The standard InChI is InChI=1S/C19H20N6OS/c1-12-14(13(2)25-19(22-12)20-11-21-25)8-9-18(26)24(3)10-17-23-15-6-4-5-7-16(15)27-17/h4-7,11H,8-10H2,1-3H3. The molecule has 3 aromatic heterocycles. The fourth-order valence-electron chi connectivity index (χ4n) is 3.22. The summed E-state index contributed by atoms with van der Waals surface area (Å²) in [4.78, 5) is 27.6. The van der Waals surface area contributed by atoms with Gasteiger partial charge >= 0.3 is 0 Å². The van der Waals surface area contributed by atoms with Crippen molar-refractivity contribution in [1.82, 2.24) is 29.5 Å². The lowest BCUT2D eigenvalue weighted by molar-refractivity contribution is -0.130. The van der Waals surface area contributed by atoms with Crippen molar-refractivity contribution in [3.63, 3.8) is 0 Å². The average Bonchev–Trinajstić information content (AvgIpc) is 3.27. The molecule has 4 rings (SSSR count). The van der Waals surface area contributed by atoms with E-state index in [2.05, 4.69) is 26.1 Å². The number of aromatic nitrogens is 5. The SMILES string of the molecule is Cc1nc2ncnn2c(C)c1CCC(=O)N(C)Cc1nc2ccccc2s1. The van der Waals surface area contributed by atoms with Crippen LogP contribution in [0.1, 0.15) is 28.4 Å². The number of hydrogen-bond donors (Lipinski definition) is 0. The summed E-state index contributed by atoms with van der Waals surface area (Å²) in [5, 5.41) is 5.15. The Morgan fingerprint density at radius 1 is 1.22 bits per heavy atom. The molecule has 0 fully saturated rings. The Bertz CT molecular complexity index is 1100. The molecule has 0 unspecified atom stereocenters. The minimum absolute atomic E-state index is 0.0896. The van der Waals surface area contributed by atoms with Crippen LogP contribution in [-0.2, 0) is 17.8 Å². The molecule has 1 amide bonds. The molecule has 3 heterocycles. The molecule has 8 heteroatoms. The van der Waals surface area contributed by atoms with Crippen molar-refractivity contribution in [2.45, 2.75) is 33.2 Å². The van der Waals surface area contributed by atoms with Crippen molar-refractivity contribution in [3.8, 4) is 0 Å². The second-order valence-corrected chi connectivity index (χ2v) is 7.67. The van der Waals surface area contributed by atoms with Gasteiger partial charge in [0.25, 0.3) is 5.78 Å². The second-order valence-electron chi connectivity index (χ2n) is 6.56. The predicted molar refractivity (Wildman–Crippen MR) is 105 cm³/mol. The Kier molecular flexibility index (Phi) is 4.57. The van der Waals surface area contributed by atoms with Gasteiger partial charge in [-0.1, -0.05) is 12.1 Å². The molecule has 0 aliphatic carbocycles. The topological polar surface area (TPSA) is 76.3 Å². The number of carbonyl (C=O) groups is 1. The van der Waals surface area contributed by atoms with Gasteiger partial charge in [0.05, 0.1) is 16.8 Å². The van der Waals surface area contributed by atoms with E-state index in [-0.39, 0.29) is 5.91 Å². The van der Waals surface area contributed by atoms with Crippen LogP contribution in [0.5, 0.6) is 0 Å². The highest BCUT2D eigenvalue weighted by molar-refractivity contribution is 7.18. The van der Waals surface area contributed by atoms with Crippen LogP contribution in [0.25, 0.3) is 16.0 Å². The van der Waals surface area contributed by atoms with Crippen LogP contribution in [0.15, 0.2) is 30.6 Å². The van der Waals surface area contributed by atoms with Crippen molar-refractivity contribution in [2.24, 2.45) is 0 Å². The molecule has 0 aliphatic heterocycles. The van der Waals surface area contributed by atoms with Gasteiger partial charge in [-0.3, -0.25) is 4.79 Å². The maximum Gasteiger partial charge on any atom is 0.252 e. The third kappa shape index (κ3) is 3.40. The zero-order chi connectivity index (χ0) is 19.0. The van der Waals surface area contributed by atoms with Crippen LogP contribution in [-0.4, -0.2) is 42.4 Å². The molecule has 0 atom stereocenters. The monoisotopic (exact) mass is 380 g/mol. The third-order valence-corrected chi connectivity index (χ3v) is 5.74. The van der Waals surface area contributed by atoms with Gasteiger partial charge < -0.3 is 4.90 Å². The molecule has 138 valence electrons. The van der Waals surface area contributed by atoms with Gasteiger partial charge in [-0.25, -0.2) is 14.5 Å². The summed E-state index contributed by atoms with van der Waals surface area (Å²) in [6.07, 6.45) is 2.55. The van der Waals surface area contributed by atoms with E-state index in [1.54, 1.807) is 20.8 Å². The first kappa shape index (κ1) is 17.5. The Labute approximate surface area is 160 Å². The Morgan fingerprint density at radius 3 is 2.85 bits per heavy atom. The van der Waals surface area contributed by atoms with Crippen LogP contribution < -0.4 is 0 Å². The van der Waals surface area contributed by atoms with Gasteiger partial charge in [-0.15, -0.1) is 11.3 Å². The summed E-state index contributed by atoms with van der Waals surface area (Å²) in [6, 6.07) is 8.03. The number of carbonyl (C=O) groups excluding carboxylic acids is 1. The van der Waals surface area contributed by atoms with E-state index in [0.29, 0.717) is 25.2 Å². The highest BCUT2D eigenvalue weighted by atomic mass is 32.1. The highest BCUT2D eigenvalue weighted by Gasteiger charge is 2.16. The molecular weight excluding hydrogens is 360 g/mol. The molecule has 0 saturated carbocycles. The van der Waals surface area contributed by atoms with E-state index in [1.807, 2.05) is 39.1 Å². The largest absolute Gasteiger partial charge is 0.339 e. The number of para-hydroxylation sites is 1. The van der Waals surface area contributed by atoms with E-state index in [4.69, 9.17) is 0 Å². The lowest BCUT2D eigenvalue weighted by atomic mass is 10.1. The van der Waals surface area contributed by atoms with E-state index in [1.165, 1.54) is 6.33 Å². The first-order valence-corrected chi connectivity index (χ1v) is 9.59. The van der Waals surface area contributed by atoms with E-state index in [9.17, 15) is 4.79 Å². The van der Waals surface area contributed by atoms with Crippen molar-refractivity contribution in [3.05, 3.63) is 52.6 Å². The summed E-state index contributed by atoms with van der Waals surface area (Å²) < 4.78 is 2.87. The fraction of sp³-hybridized carbons (Fsp3) is 0.316. The highest BCUT2D eigenvalue weighted by Crippen LogP contribution is 2.22. The third-order valence-electron chi connectivity index (χ3n) is 4.71. The van der Waals surface area contributed by atoms with E-state index < -0.39 is 0 Å². The maximum absolute atomic E-state index is 12.6. The quantitative estimate of drug-likeness (QED) is 0.532. The summed E-state index contributed by atoms with van der Waals surface area (Å²) in [5.74, 6) is 0.680. The lowest BCUT2D eigenvalue weighted by Gasteiger charge is -2.16. The number of benzene rings is 1. The van der Waals surface area contributed by atoms with Crippen molar-refractivity contribution >= 4 is 33.2 Å². The molecular formula is C19H20N6OS. The molecule has 0 spiro atoms. The fourth-order valence-corrected chi connectivity index (χ4v) is 4.24. The smallest absolute Gasteiger partial charge is 0.252 e. The maximum atomic E-state index is 12.6. The summed E-state index contributed by atoms with van der Waals surface area (Å²) in [5.41, 5.74) is 3.91. The summed E-state index contributed by atoms with van der Waals surface area (Å²) in [6.45, 7) is 4.46. The Hall–Kier alpha value is -2.87. The van der Waals surface area contributed by atoms with E-state index >= 15 is 0 Å². The normalized spacial score (nSPS) is 11.4. The zero-order valence-corrected chi connectivity index (χ0v) is 16.3. The van der Waals surface area contributed by atoms with Crippen molar-refractivity contribution < 1.29 is 4.79 Å². The number of hydrogen-bond acceptors (Lipinski definition) is 6. The van der Waals surface area contributed by atoms with Gasteiger partial charge in [-0.05, 0) is 38.0 Å². The number of fused-ring (bicyclic) bond motifs is 2. The second kappa shape index (κ2) is 7.03. The predicted octanol–water partition coefficient (Wildman–Crippen LogP) is 2.94. The molecule has 4 aromatic rings. The summed E-state index contributed by atoms with van der Waals surface area (Å²) >= 11 is 1.63. The van der Waals surface area contributed by atoms with Gasteiger partial charge in [0, 0.05) is 24.9 Å². The zero-order valence-electron chi connectivity index (χ0n) is 15.5. The van der Waals surface area contributed by atoms with Crippen LogP contribution in [0.2, 0.25) is 0 Å². The number of rotatable bonds is 5. The van der Waals surface area contributed by atoms with Gasteiger partial charge in [0.2, 0.25) is 5.91 Å². The Balaban J connectivity index is 1.44. The minimum Gasteiger partial charge on any atom is -0.339 e. The van der Waals surface area contributed by atoms with Crippen LogP contribution in [0.3, 0.4) is 0 Å². The van der Waals surface area contributed by atoms with Crippen LogP contribution >= 0.6 is 11.3 Å². The van der Waals surface area contributed by atoms with E-state index in [0.717, 1.165) is 32.2 Å². The first-order chi connectivity index (χ1) is 13.0.